The van der Waals surface area contributed by atoms with Crippen LogP contribution in [-0.4, -0.2) is 40.4 Å². The smallest absolute Gasteiger partial charge is 0.213 e. The summed E-state index contributed by atoms with van der Waals surface area (Å²) < 4.78 is 12.4. The van der Waals surface area contributed by atoms with Gasteiger partial charge in [0.1, 0.15) is 18.0 Å². The summed E-state index contributed by atoms with van der Waals surface area (Å²) in [5.41, 5.74) is 3.11. The van der Waals surface area contributed by atoms with Gasteiger partial charge in [0.2, 0.25) is 5.88 Å². The van der Waals surface area contributed by atoms with Gasteiger partial charge in [-0.2, -0.15) is 0 Å². The molecule has 0 atom stereocenters. The lowest BCUT2D eigenvalue weighted by Gasteiger charge is -2.43. The Bertz CT molecular complexity index is 1080. The number of pyridine rings is 1. The number of benzene rings is 1. The number of ether oxygens (including phenoxy) is 2. The SMILES string of the molecule is CC(C)(Cc1ccc(OC2CC(NC(C)(C)C)C2)cc1)CC(C)(C)NC1CC(Oc2ccc(C(C)(C)C)cn2)C1. The first-order chi connectivity index (χ1) is 18.4. The summed E-state index contributed by atoms with van der Waals surface area (Å²) in [6.07, 6.45) is 8.90. The molecule has 0 saturated heterocycles. The van der Waals surface area contributed by atoms with Crippen LogP contribution < -0.4 is 20.1 Å². The highest BCUT2D eigenvalue weighted by molar-refractivity contribution is 5.28. The minimum Gasteiger partial charge on any atom is -0.490 e. The van der Waals surface area contributed by atoms with Crippen LogP contribution in [0.4, 0.5) is 0 Å². The van der Waals surface area contributed by atoms with Crippen molar-refractivity contribution in [2.24, 2.45) is 5.41 Å². The third-order valence-electron chi connectivity index (χ3n) is 8.14. The van der Waals surface area contributed by atoms with E-state index in [1.165, 1.54) is 11.1 Å². The van der Waals surface area contributed by atoms with Crippen molar-refractivity contribution in [3.05, 3.63) is 53.7 Å². The molecular formula is C35H55N3O2. The fourth-order valence-corrected chi connectivity index (χ4v) is 6.53. The van der Waals surface area contributed by atoms with E-state index in [1.807, 2.05) is 12.3 Å². The molecule has 2 fully saturated rings. The molecule has 2 aromatic rings. The average Bonchev–Trinajstić information content (AvgIpc) is 2.75. The van der Waals surface area contributed by atoms with Crippen molar-refractivity contribution < 1.29 is 9.47 Å². The van der Waals surface area contributed by atoms with Gasteiger partial charge < -0.3 is 20.1 Å². The van der Waals surface area contributed by atoms with E-state index in [1.54, 1.807) is 0 Å². The van der Waals surface area contributed by atoms with E-state index >= 15 is 0 Å². The van der Waals surface area contributed by atoms with E-state index in [-0.39, 0.29) is 28.0 Å². The minimum absolute atomic E-state index is 0.0522. The highest BCUT2D eigenvalue weighted by Gasteiger charge is 2.37. The van der Waals surface area contributed by atoms with Crippen LogP contribution in [0, 0.1) is 5.41 Å². The molecule has 0 aliphatic heterocycles. The molecule has 222 valence electrons. The summed E-state index contributed by atoms with van der Waals surface area (Å²) in [5, 5.41) is 7.58. The first-order valence-electron chi connectivity index (χ1n) is 15.4. The lowest BCUT2D eigenvalue weighted by atomic mass is 9.75. The topological polar surface area (TPSA) is 55.4 Å². The normalized spacial score (nSPS) is 23.8. The number of nitrogens with zero attached hydrogens (tertiary/aromatic N) is 1. The predicted molar refractivity (Wildman–Crippen MR) is 166 cm³/mol. The molecule has 0 radical (unpaired) electrons. The van der Waals surface area contributed by atoms with Crippen LogP contribution in [0.15, 0.2) is 42.6 Å². The van der Waals surface area contributed by atoms with Crippen LogP contribution in [0.1, 0.15) is 112 Å². The first kappa shape index (κ1) is 30.8. The molecular weight excluding hydrogens is 494 g/mol. The first-order valence-corrected chi connectivity index (χ1v) is 15.4. The molecule has 2 aliphatic rings. The van der Waals surface area contributed by atoms with Crippen molar-refractivity contribution in [1.29, 1.82) is 0 Å². The molecule has 1 heterocycles. The Balaban J connectivity index is 1.18. The van der Waals surface area contributed by atoms with E-state index in [0.717, 1.165) is 50.2 Å². The average molecular weight is 550 g/mol. The molecule has 5 heteroatoms. The van der Waals surface area contributed by atoms with Gasteiger partial charge in [-0.3, -0.25) is 0 Å². The van der Waals surface area contributed by atoms with Crippen molar-refractivity contribution in [3.8, 4) is 11.6 Å². The Morgan fingerprint density at radius 1 is 0.725 bits per heavy atom. The zero-order valence-corrected chi connectivity index (χ0v) is 26.9. The van der Waals surface area contributed by atoms with Crippen molar-refractivity contribution in [1.82, 2.24) is 15.6 Å². The van der Waals surface area contributed by atoms with E-state index < -0.39 is 0 Å². The molecule has 2 saturated carbocycles. The molecule has 1 aromatic heterocycles. The van der Waals surface area contributed by atoms with Gasteiger partial charge in [-0.15, -0.1) is 0 Å². The van der Waals surface area contributed by atoms with Crippen molar-refractivity contribution in [2.75, 3.05) is 0 Å². The van der Waals surface area contributed by atoms with Gasteiger partial charge in [0.05, 0.1) is 0 Å². The fraction of sp³-hybridized carbons (Fsp3) is 0.686. The van der Waals surface area contributed by atoms with E-state index in [4.69, 9.17) is 9.47 Å². The van der Waals surface area contributed by atoms with Crippen LogP contribution in [0.3, 0.4) is 0 Å². The number of rotatable bonds is 11. The summed E-state index contributed by atoms with van der Waals surface area (Å²) >= 11 is 0. The van der Waals surface area contributed by atoms with Crippen LogP contribution in [0.5, 0.6) is 11.6 Å². The van der Waals surface area contributed by atoms with Crippen molar-refractivity contribution in [3.63, 3.8) is 0 Å². The molecule has 4 rings (SSSR count). The summed E-state index contributed by atoms with van der Waals surface area (Å²) in [4.78, 5) is 4.54. The summed E-state index contributed by atoms with van der Waals surface area (Å²) in [7, 11) is 0. The maximum absolute atomic E-state index is 6.22. The molecule has 2 N–H and O–H groups in total. The van der Waals surface area contributed by atoms with Gasteiger partial charge in [-0.05, 0) is 107 Å². The molecule has 1 aromatic carbocycles. The van der Waals surface area contributed by atoms with E-state index in [9.17, 15) is 0 Å². The quantitative estimate of drug-likeness (QED) is 0.302. The van der Waals surface area contributed by atoms with E-state index in [2.05, 4.69) is 115 Å². The largest absolute Gasteiger partial charge is 0.490 e. The molecule has 40 heavy (non-hydrogen) atoms. The standard InChI is InChI=1S/C35H55N3O2/c1-32(2,3)25-13-16-31(36-22-25)40-30-19-27(20-30)38-35(9,10)23-34(7,8)21-24-11-14-28(15-12-24)39-29-17-26(18-29)37-33(4,5)6/h11-16,22,26-27,29-30,37-38H,17-21,23H2,1-10H3. The molecule has 0 bridgehead atoms. The summed E-state index contributed by atoms with van der Waals surface area (Å²) in [5.74, 6) is 1.73. The van der Waals surface area contributed by atoms with Gasteiger partial charge in [-0.25, -0.2) is 4.98 Å². The highest BCUT2D eigenvalue weighted by Crippen LogP contribution is 2.35. The Kier molecular flexibility index (Phi) is 8.98. The molecule has 0 unspecified atom stereocenters. The maximum atomic E-state index is 6.22. The third kappa shape index (κ3) is 9.21. The second-order valence-electron chi connectivity index (χ2n) is 16.0. The van der Waals surface area contributed by atoms with Crippen molar-refractivity contribution in [2.45, 2.75) is 149 Å². The lowest BCUT2D eigenvalue weighted by molar-refractivity contribution is 0.0603. The molecule has 0 amide bonds. The zero-order chi connectivity index (χ0) is 29.3. The minimum atomic E-state index is 0.0522. The second-order valence-corrected chi connectivity index (χ2v) is 16.0. The second kappa shape index (κ2) is 11.6. The number of hydrogen-bond donors (Lipinski definition) is 2. The van der Waals surface area contributed by atoms with Gasteiger partial charge in [0.25, 0.3) is 0 Å². The maximum Gasteiger partial charge on any atom is 0.213 e. The molecule has 5 nitrogen and oxygen atoms in total. The number of aromatic nitrogens is 1. The van der Waals surface area contributed by atoms with Gasteiger partial charge in [0, 0.05) is 35.4 Å². The van der Waals surface area contributed by atoms with Crippen molar-refractivity contribution >= 4 is 0 Å². The third-order valence-corrected chi connectivity index (χ3v) is 8.14. The molecule has 2 aliphatic carbocycles. The van der Waals surface area contributed by atoms with E-state index in [0.29, 0.717) is 18.2 Å². The fourth-order valence-electron chi connectivity index (χ4n) is 6.53. The van der Waals surface area contributed by atoms with Crippen LogP contribution in [0.2, 0.25) is 0 Å². The van der Waals surface area contributed by atoms with Gasteiger partial charge in [-0.1, -0.05) is 52.8 Å². The van der Waals surface area contributed by atoms with Crippen LogP contribution in [0.25, 0.3) is 0 Å². The van der Waals surface area contributed by atoms with Gasteiger partial charge >= 0.3 is 0 Å². The highest BCUT2D eigenvalue weighted by atomic mass is 16.5. The number of hydrogen-bond acceptors (Lipinski definition) is 5. The molecule has 0 spiro atoms. The van der Waals surface area contributed by atoms with Crippen LogP contribution >= 0.6 is 0 Å². The summed E-state index contributed by atoms with van der Waals surface area (Å²) in [6.45, 7) is 22.7. The van der Waals surface area contributed by atoms with Crippen LogP contribution in [-0.2, 0) is 11.8 Å². The number of nitrogens with one attached hydrogen (secondary N) is 2. The Morgan fingerprint density at radius 3 is 1.82 bits per heavy atom. The summed E-state index contributed by atoms with van der Waals surface area (Å²) in [6, 6.07) is 14.0. The lowest BCUT2D eigenvalue weighted by Crippen LogP contribution is -2.55. The zero-order valence-electron chi connectivity index (χ0n) is 26.9. The Labute approximate surface area is 244 Å². The Morgan fingerprint density at radius 2 is 1.30 bits per heavy atom. The predicted octanol–water partition coefficient (Wildman–Crippen LogP) is 7.61. The van der Waals surface area contributed by atoms with Gasteiger partial charge in [0.15, 0.2) is 0 Å². The monoisotopic (exact) mass is 549 g/mol. The Hall–Kier alpha value is -2.11.